The molecule has 0 saturated heterocycles. The van der Waals surface area contributed by atoms with Crippen LogP contribution in [0.25, 0.3) is 5.70 Å². The van der Waals surface area contributed by atoms with Crippen LogP contribution in [0.15, 0.2) is 89.8 Å². The standard InChI is InChI=1S/C21H17NOS/c23-19-12-6-4-10-16(19)21-14-18(15-8-2-1-3-9-15)22-17-11-5-7-13-20(17)24-21/h1-14,21-23H. The van der Waals surface area contributed by atoms with E-state index in [2.05, 4.69) is 35.7 Å². The Morgan fingerprint density at radius 1 is 0.792 bits per heavy atom. The van der Waals surface area contributed by atoms with Crippen molar-refractivity contribution in [3.05, 3.63) is 96.1 Å². The minimum absolute atomic E-state index is 0.0394. The molecule has 0 aliphatic carbocycles. The van der Waals surface area contributed by atoms with Gasteiger partial charge in [-0.1, -0.05) is 60.7 Å². The summed E-state index contributed by atoms with van der Waals surface area (Å²) >= 11 is 1.74. The number of benzene rings is 3. The van der Waals surface area contributed by atoms with Crippen molar-refractivity contribution in [3.63, 3.8) is 0 Å². The van der Waals surface area contributed by atoms with Gasteiger partial charge in [0.15, 0.2) is 0 Å². The first-order valence-corrected chi connectivity index (χ1v) is 8.77. The molecule has 0 radical (unpaired) electrons. The SMILES string of the molecule is Oc1ccccc1C1C=C(c2ccccc2)Nc2ccccc2S1. The molecule has 4 rings (SSSR count). The van der Waals surface area contributed by atoms with E-state index >= 15 is 0 Å². The summed E-state index contributed by atoms with van der Waals surface area (Å²) in [7, 11) is 0. The van der Waals surface area contributed by atoms with Gasteiger partial charge >= 0.3 is 0 Å². The van der Waals surface area contributed by atoms with Crippen LogP contribution in [0.3, 0.4) is 0 Å². The number of phenols is 1. The van der Waals surface area contributed by atoms with Gasteiger partial charge in [0.1, 0.15) is 5.75 Å². The molecule has 2 nitrogen and oxygen atoms in total. The van der Waals surface area contributed by atoms with Gasteiger partial charge in [-0.25, -0.2) is 0 Å². The van der Waals surface area contributed by atoms with Gasteiger partial charge in [0.05, 0.1) is 10.9 Å². The third kappa shape index (κ3) is 2.91. The Labute approximate surface area is 145 Å². The zero-order valence-corrected chi connectivity index (χ0v) is 13.8. The first kappa shape index (κ1) is 14.9. The van der Waals surface area contributed by atoms with Crippen molar-refractivity contribution >= 4 is 23.1 Å². The molecule has 2 N–H and O–H groups in total. The monoisotopic (exact) mass is 331 g/mol. The molecule has 0 amide bonds. The van der Waals surface area contributed by atoms with E-state index in [-0.39, 0.29) is 5.25 Å². The van der Waals surface area contributed by atoms with Gasteiger partial charge in [0, 0.05) is 16.2 Å². The quantitative estimate of drug-likeness (QED) is 0.632. The van der Waals surface area contributed by atoms with Gasteiger partial charge in [-0.2, -0.15) is 0 Å². The maximum absolute atomic E-state index is 10.3. The lowest BCUT2D eigenvalue weighted by atomic mass is 10.1. The number of rotatable bonds is 2. The van der Waals surface area contributed by atoms with Crippen LogP contribution in [-0.2, 0) is 0 Å². The van der Waals surface area contributed by atoms with Crippen molar-refractivity contribution in [2.75, 3.05) is 5.32 Å². The molecular weight excluding hydrogens is 314 g/mol. The highest BCUT2D eigenvalue weighted by atomic mass is 32.2. The molecule has 118 valence electrons. The largest absolute Gasteiger partial charge is 0.508 e. The molecule has 24 heavy (non-hydrogen) atoms. The maximum Gasteiger partial charge on any atom is 0.120 e. The predicted molar refractivity (Wildman–Crippen MR) is 101 cm³/mol. The lowest BCUT2D eigenvalue weighted by Gasteiger charge is -2.14. The van der Waals surface area contributed by atoms with Crippen LogP contribution >= 0.6 is 11.8 Å². The molecule has 3 heteroatoms. The average Bonchev–Trinajstić information content (AvgIpc) is 2.82. The fraction of sp³-hybridized carbons (Fsp3) is 0.0476. The van der Waals surface area contributed by atoms with Gasteiger partial charge in [0.25, 0.3) is 0 Å². The van der Waals surface area contributed by atoms with E-state index < -0.39 is 0 Å². The van der Waals surface area contributed by atoms with Crippen molar-refractivity contribution in [2.45, 2.75) is 10.1 Å². The lowest BCUT2D eigenvalue weighted by Crippen LogP contribution is -1.99. The van der Waals surface area contributed by atoms with Crippen molar-refractivity contribution in [3.8, 4) is 5.75 Å². The van der Waals surface area contributed by atoms with Crippen molar-refractivity contribution in [2.24, 2.45) is 0 Å². The number of para-hydroxylation sites is 2. The topological polar surface area (TPSA) is 32.3 Å². The molecule has 0 fully saturated rings. The van der Waals surface area contributed by atoms with E-state index in [1.165, 1.54) is 4.90 Å². The van der Waals surface area contributed by atoms with Crippen LogP contribution in [0.4, 0.5) is 5.69 Å². The van der Waals surface area contributed by atoms with Crippen LogP contribution in [0.1, 0.15) is 16.4 Å². The van der Waals surface area contributed by atoms with E-state index in [1.54, 1.807) is 17.8 Å². The molecule has 1 aliphatic heterocycles. The zero-order chi connectivity index (χ0) is 16.4. The fourth-order valence-corrected chi connectivity index (χ4v) is 4.06. The second-order valence-corrected chi connectivity index (χ2v) is 6.85. The summed E-state index contributed by atoms with van der Waals surface area (Å²) in [6, 6.07) is 26.1. The molecule has 0 spiro atoms. The van der Waals surface area contributed by atoms with Gasteiger partial charge in [-0.15, -0.1) is 11.8 Å². The smallest absolute Gasteiger partial charge is 0.120 e. The number of fused-ring (bicyclic) bond motifs is 1. The van der Waals surface area contributed by atoms with Gasteiger partial charge < -0.3 is 10.4 Å². The number of hydrogen-bond acceptors (Lipinski definition) is 3. The van der Waals surface area contributed by atoms with Crippen molar-refractivity contribution in [1.82, 2.24) is 0 Å². The molecule has 1 atom stereocenters. The van der Waals surface area contributed by atoms with Crippen LogP contribution in [0.5, 0.6) is 5.75 Å². The van der Waals surface area contributed by atoms with Crippen LogP contribution in [-0.4, -0.2) is 5.11 Å². The first-order chi connectivity index (χ1) is 11.8. The van der Waals surface area contributed by atoms with Crippen molar-refractivity contribution < 1.29 is 5.11 Å². The normalized spacial score (nSPS) is 16.5. The molecule has 0 bridgehead atoms. The van der Waals surface area contributed by atoms with Gasteiger partial charge in [-0.05, 0) is 29.8 Å². The molecule has 3 aromatic carbocycles. The van der Waals surface area contributed by atoms with Crippen LogP contribution in [0.2, 0.25) is 0 Å². The maximum atomic E-state index is 10.3. The Kier molecular flexibility index (Phi) is 4.01. The summed E-state index contributed by atoms with van der Waals surface area (Å²) in [5, 5.41) is 13.9. The highest BCUT2D eigenvalue weighted by Crippen LogP contribution is 2.46. The Balaban J connectivity index is 1.85. The van der Waals surface area contributed by atoms with E-state index in [4.69, 9.17) is 0 Å². The molecular formula is C21H17NOS. The summed E-state index contributed by atoms with van der Waals surface area (Å²) in [6.07, 6.45) is 2.19. The first-order valence-electron chi connectivity index (χ1n) is 7.89. The highest BCUT2D eigenvalue weighted by Gasteiger charge is 2.21. The lowest BCUT2D eigenvalue weighted by molar-refractivity contribution is 0.469. The predicted octanol–water partition coefficient (Wildman–Crippen LogP) is 5.69. The second kappa shape index (κ2) is 6.46. The molecule has 0 aromatic heterocycles. The van der Waals surface area contributed by atoms with E-state index in [0.29, 0.717) is 5.75 Å². The van der Waals surface area contributed by atoms with Crippen molar-refractivity contribution in [1.29, 1.82) is 0 Å². The number of hydrogen-bond donors (Lipinski definition) is 2. The molecule has 1 unspecified atom stereocenters. The minimum Gasteiger partial charge on any atom is -0.508 e. The Hall–Kier alpha value is -2.65. The summed E-state index contributed by atoms with van der Waals surface area (Å²) in [5.41, 5.74) is 4.21. The number of anilines is 1. The molecule has 1 heterocycles. The summed E-state index contributed by atoms with van der Waals surface area (Å²) in [4.78, 5) is 1.17. The fourth-order valence-electron chi connectivity index (χ4n) is 2.85. The minimum atomic E-state index is 0.0394. The average molecular weight is 331 g/mol. The number of phenolic OH excluding ortho intramolecular Hbond substituents is 1. The summed E-state index contributed by atoms with van der Waals surface area (Å²) < 4.78 is 0. The highest BCUT2D eigenvalue weighted by molar-refractivity contribution is 7.99. The van der Waals surface area contributed by atoms with E-state index in [1.807, 2.05) is 48.5 Å². The molecule has 0 saturated carbocycles. The Morgan fingerprint density at radius 2 is 1.50 bits per heavy atom. The Morgan fingerprint density at radius 3 is 2.33 bits per heavy atom. The number of nitrogens with one attached hydrogen (secondary N) is 1. The Bertz CT molecular complexity index is 889. The van der Waals surface area contributed by atoms with E-state index in [9.17, 15) is 5.11 Å². The third-order valence-corrected chi connectivity index (χ3v) is 5.31. The summed E-state index contributed by atoms with van der Waals surface area (Å²) in [6.45, 7) is 0. The second-order valence-electron chi connectivity index (χ2n) is 5.66. The van der Waals surface area contributed by atoms with E-state index in [0.717, 1.165) is 22.5 Å². The molecule has 3 aromatic rings. The molecule has 1 aliphatic rings. The number of thioether (sulfide) groups is 1. The number of aromatic hydroxyl groups is 1. The van der Waals surface area contributed by atoms with Crippen LogP contribution < -0.4 is 5.32 Å². The van der Waals surface area contributed by atoms with Gasteiger partial charge in [-0.3, -0.25) is 0 Å². The zero-order valence-electron chi connectivity index (χ0n) is 13.0. The van der Waals surface area contributed by atoms with Gasteiger partial charge in [0.2, 0.25) is 0 Å². The summed E-state index contributed by atoms with van der Waals surface area (Å²) in [5.74, 6) is 0.332. The van der Waals surface area contributed by atoms with Crippen LogP contribution in [0, 0.1) is 0 Å². The third-order valence-electron chi connectivity index (χ3n) is 4.06.